The molecule has 2 aromatic rings. The van der Waals surface area contributed by atoms with Crippen LogP contribution in [0.1, 0.15) is 24.0 Å². The van der Waals surface area contributed by atoms with Crippen molar-refractivity contribution in [2.24, 2.45) is 0 Å². The van der Waals surface area contributed by atoms with E-state index >= 15 is 0 Å². The second-order valence-electron chi connectivity index (χ2n) is 5.92. The maximum atomic E-state index is 13.0. The summed E-state index contributed by atoms with van der Waals surface area (Å²) in [4.78, 5) is 14.6. The fourth-order valence-corrected chi connectivity index (χ4v) is 2.92. The Morgan fingerprint density at radius 1 is 1.22 bits per heavy atom. The van der Waals surface area contributed by atoms with Crippen LogP contribution in [0, 0.1) is 5.82 Å². The molecule has 0 N–H and O–H groups in total. The van der Waals surface area contributed by atoms with E-state index in [9.17, 15) is 9.18 Å². The molecule has 0 spiro atoms. The smallest absolute Gasteiger partial charge is 0.231 e. The number of nitrogens with zero attached hydrogens (tertiary/aromatic N) is 1. The lowest BCUT2D eigenvalue weighted by Crippen LogP contribution is -2.40. The highest BCUT2D eigenvalue weighted by Gasteiger charge is 2.32. The van der Waals surface area contributed by atoms with Gasteiger partial charge in [-0.2, -0.15) is 0 Å². The minimum Gasteiger partial charge on any atom is -0.359 e. The zero-order valence-corrected chi connectivity index (χ0v) is 13.1. The molecule has 1 aliphatic heterocycles. The number of hydrogen-bond acceptors (Lipinski definition) is 2. The van der Waals surface area contributed by atoms with E-state index in [-0.39, 0.29) is 23.7 Å². The highest BCUT2D eigenvalue weighted by Crippen LogP contribution is 2.23. The molecule has 23 heavy (non-hydrogen) atoms. The molecule has 1 heterocycles. The second-order valence-corrected chi connectivity index (χ2v) is 5.92. The molecule has 3 rings (SSSR count). The molecule has 3 nitrogen and oxygen atoms in total. The third-order valence-electron chi connectivity index (χ3n) is 4.32. The van der Waals surface area contributed by atoms with E-state index in [1.807, 2.05) is 25.1 Å². The van der Waals surface area contributed by atoms with Crippen molar-refractivity contribution in [3.63, 3.8) is 0 Å². The lowest BCUT2D eigenvalue weighted by molar-refractivity contribution is -0.134. The van der Waals surface area contributed by atoms with Gasteiger partial charge in [-0.25, -0.2) is 4.39 Å². The van der Waals surface area contributed by atoms with E-state index in [4.69, 9.17) is 4.74 Å². The van der Waals surface area contributed by atoms with Crippen molar-refractivity contribution < 1.29 is 13.9 Å². The van der Waals surface area contributed by atoms with Gasteiger partial charge in [0.15, 0.2) is 0 Å². The van der Waals surface area contributed by atoms with Gasteiger partial charge in [0.1, 0.15) is 12.5 Å². The summed E-state index contributed by atoms with van der Waals surface area (Å²) in [6.45, 7) is 2.73. The van der Waals surface area contributed by atoms with E-state index in [1.165, 1.54) is 17.7 Å². The highest BCUT2D eigenvalue weighted by molar-refractivity contribution is 5.83. The Bertz CT molecular complexity index is 657. The van der Waals surface area contributed by atoms with Crippen LogP contribution in [0.5, 0.6) is 0 Å². The normalized spacial score (nSPS) is 18.9. The molecule has 1 fully saturated rings. The number of rotatable bonds is 4. The molecule has 0 radical (unpaired) electrons. The van der Waals surface area contributed by atoms with E-state index in [0.29, 0.717) is 13.3 Å². The van der Waals surface area contributed by atoms with Gasteiger partial charge < -0.3 is 9.64 Å². The Kier molecular flexibility index (Phi) is 4.72. The third kappa shape index (κ3) is 3.59. The van der Waals surface area contributed by atoms with Gasteiger partial charge in [0.05, 0.1) is 18.6 Å². The molecule has 2 atom stereocenters. The molecule has 1 aliphatic rings. The fourth-order valence-electron chi connectivity index (χ4n) is 2.92. The number of hydrogen-bond donors (Lipinski definition) is 0. The molecule has 0 saturated carbocycles. The minimum absolute atomic E-state index is 0.0232. The van der Waals surface area contributed by atoms with Crippen molar-refractivity contribution in [2.45, 2.75) is 25.3 Å². The summed E-state index contributed by atoms with van der Waals surface area (Å²) < 4.78 is 18.6. The van der Waals surface area contributed by atoms with Crippen LogP contribution >= 0.6 is 0 Å². The standard InChI is InChI=1S/C19H20FNO2/c1-14(16-7-9-17(20)10-8-16)19(22)21-13-23-12-18(21)11-15-5-3-2-4-6-15/h2-10,14,18H,11-13H2,1H3/t14-,18-/m0/s1. The van der Waals surface area contributed by atoms with Gasteiger partial charge in [0, 0.05) is 0 Å². The first-order valence-corrected chi connectivity index (χ1v) is 7.83. The predicted octanol–water partition coefficient (Wildman–Crippen LogP) is 3.36. The van der Waals surface area contributed by atoms with Crippen LogP contribution in [-0.2, 0) is 16.0 Å². The predicted molar refractivity (Wildman–Crippen MR) is 86.4 cm³/mol. The number of carbonyl (C=O) groups excluding carboxylic acids is 1. The van der Waals surface area contributed by atoms with Crippen LogP contribution in [0.15, 0.2) is 54.6 Å². The van der Waals surface area contributed by atoms with Crippen LogP contribution in [0.3, 0.4) is 0 Å². The molecular weight excluding hydrogens is 293 g/mol. The molecule has 4 heteroatoms. The zero-order chi connectivity index (χ0) is 16.2. The summed E-state index contributed by atoms with van der Waals surface area (Å²) in [7, 11) is 0. The van der Waals surface area contributed by atoms with Crippen molar-refractivity contribution in [2.75, 3.05) is 13.3 Å². The number of amides is 1. The van der Waals surface area contributed by atoms with Gasteiger partial charge in [0.2, 0.25) is 5.91 Å². The molecule has 120 valence electrons. The largest absolute Gasteiger partial charge is 0.359 e. The lowest BCUT2D eigenvalue weighted by Gasteiger charge is -2.26. The summed E-state index contributed by atoms with van der Waals surface area (Å²) in [5.41, 5.74) is 2.01. The topological polar surface area (TPSA) is 29.5 Å². The Morgan fingerprint density at radius 2 is 1.91 bits per heavy atom. The summed E-state index contributed by atoms with van der Waals surface area (Å²) in [5.74, 6) is -0.578. The van der Waals surface area contributed by atoms with Crippen LogP contribution in [0.2, 0.25) is 0 Å². The average Bonchev–Trinajstić information content (AvgIpc) is 3.03. The number of ether oxygens (including phenoxy) is 1. The monoisotopic (exact) mass is 313 g/mol. The minimum atomic E-state index is -0.310. The van der Waals surface area contributed by atoms with Gasteiger partial charge in [-0.15, -0.1) is 0 Å². The van der Waals surface area contributed by atoms with Gasteiger partial charge in [-0.3, -0.25) is 4.79 Å². The van der Waals surface area contributed by atoms with E-state index in [1.54, 1.807) is 17.0 Å². The summed E-state index contributed by atoms with van der Waals surface area (Å²) >= 11 is 0. The average molecular weight is 313 g/mol. The summed E-state index contributed by atoms with van der Waals surface area (Å²) in [5, 5.41) is 0. The lowest BCUT2D eigenvalue weighted by atomic mass is 9.98. The van der Waals surface area contributed by atoms with Gasteiger partial charge in [0.25, 0.3) is 0 Å². The Morgan fingerprint density at radius 3 is 2.61 bits per heavy atom. The van der Waals surface area contributed by atoms with Crippen molar-refractivity contribution >= 4 is 5.91 Å². The molecule has 1 amide bonds. The first kappa shape index (κ1) is 15.7. The Hall–Kier alpha value is -2.20. The maximum absolute atomic E-state index is 13.0. The zero-order valence-electron chi connectivity index (χ0n) is 13.1. The van der Waals surface area contributed by atoms with Gasteiger partial charge >= 0.3 is 0 Å². The fraction of sp³-hybridized carbons (Fsp3) is 0.316. The first-order chi connectivity index (χ1) is 11.1. The molecular formula is C19H20FNO2. The molecule has 0 unspecified atom stereocenters. The Labute approximate surface area is 135 Å². The third-order valence-corrected chi connectivity index (χ3v) is 4.32. The van der Waals surface area contributed by atoms with Crippen molar-refractivity contribution in [3.8, 4) is 0 Å². The van der Waals surface area contributed by atoms with Crippen molar-refractivity contribution in [3.05, 3.63) is 71.5 Å². The molecule has 2 aromatic carbocycles. The van der Waals surface area contributed by atoms with E-state index in [0.717, 1.165) is 12.0 Å². The summed E-state index contributed by atoms with van der Waals surface area (Å²) in [6.07, 6.45) is 0.780. The van der Waals surface area contributed by atoms with Crippen LogP contribution in [-0.4, -0.2) is 30.2 Å². The van der Waals surface area contributed by atoms with Gasteiger partial charge in [-0.1, -0.05) is 42.5 Å². The first-order valence-electron chi connectivity index (χ1n) is 7.83. The Balaban J connectivity index is 1.71. The van der Waals surface area contributed by atoms with Crippen LogP contribution in [0.4, 0.5) is 4.39 Å². The SMILES string of the molecule is C[C@H](C(=O)N1COC[C@@H]1Cc1ccccc1)c1ccc(F)cc1. The van der Waals surface area contributed by atoms with E-state index in [2.05, 4.69) is 12.1 Å². The summed E-state index contributed by atoms with van der Waals surface area (Å²) in [6, 6.07) is 16.3. The molecule has 0 aliphatic carbocycles. The molecule has 0 aromatic heterocycles. The maximum Gasteiger partial charge on any atom is 0.231 e. The number of halogens is 1. The van der Waals surface area contributed by atoms with E-state index < -0.39 is 0 Å². The van der Waals surface area contributed by atoms with Gasteiger partial charge in [-0.05, 0) is 36.6 Å². The molecule has 1 saturated heterocycles. The van der Waals surface area contributed by atoms with Crippen molar-refractivity contribution in [1.82, 2.24) is 4.90 Å². The van der Waals surface area contributed by atoms with Crippen molar-refractivity contribution in [1.29, 1.82) is 0 Å². The number of carbonyl (C=O) groups is 1. The second kappa shape index (κ2) is 6.92. The highest BCUT2D eigenvalue weighted by atomic mass is 19.1. The van der Waals surface area contributed by atoms with Crippen LogP contribution < -0.4 is 0 Å². The quantitative estimate of drug-likeness (QED) is 0.866. The molecule has 0 bridgehead atoms. The van der Waals surface area contributed by atoms with Crippen LogP contribution in [0.25, 0.3) is 0 Å². The number of benzene rings is 2.